The Labute approximate surface area is 97.1 Å². The van der Waals surface area contributed by atoms with E-state index >= 15 is 0 Å². The van der Waals surface area contributed by atoms with Gasteiger partial charge < -0.3 is 4.98 Å². The Kier molecular flexibility index (Phi) is 4.35. The Balaban J connectivity index is 0.000000606. The van der Waals surface area contributed by atoms with Gasteiger partial charge in [-0.1, -0.05) is 38.4 Å². The van der Waals surface area contributed by atoms with Gasteiger partial charge in [-0.15, -0.1) is 0 Å². The molecule has 1 aromatic carbocycles. The van der Waals surface area contributed by atoms with Crippen molar-refractivity contribution in [2.45, 2.75) is 27.2 Å². The van der Waals surface area contributed by atoms with E-state index in [9.17, 15) is 4.79 Å². The average molecular weight is 213 g/mol. The smallest absolute Gasteiger partial charge is 0.248 e. The number of hydrogen-bond donors (Lipinski definition) is 1. The fraction of sp³-hybridized carbons (Fsp3) is 0.308. The van der Waals surface area contributed by atoms with Gasteiger partial charge in [0.05, 0.1) is 0 Å². The number of pyridine rings is 1. The number of aromatic nitrogens is 1. The van der Waals surface area contributed by atoms with Gasteiger partial charge >= 0.3 is 0 Å². The second-order valence-electron chi connectivity index (χ2n) is 3.28. The second-order valence-corrected chi connectivity index (χ2v) is 3.28. The van der Waals surface area contributed by atoms with Crippen molar-refractivity contribution in [3.05, 3.63) is 40.2 Å². The largest absolute Gasteiger partial charge is 0.322 e. The predicted octanol–water partition coefficient (Wildman–Crippen LogP) is 1.91. The maximum Gasteiger partial charge on any atom is 0.248 e. The molecule has 1 aromatic heterocycles. The van der Waals surface area contributed by atoms with Gasteiger partial charge in [-0.3, -0.25) is 4.79 Å². The van der Waals surface area contributed by atoms with E-state index in [0.29, 0.717) is 5.46 Å². The van der Waals surface area contributed by atoms with E-state index in [2.05, 4.69) is 11.9 Å². The van der Waals surface area contributed by atoms with Crippen molar-refractivity contribution in [3.8, 4) is 0 Å². The zero-order valence-electron chi connectivity index (χ0n) is 10.0. The number of aryl methyl sites for hydroxylation is 1. The molecule has 0 aliphatic heterocycles. The number of nitrogens with one attached hydrogen (secondary N) is 1. The zero-order chi connectivity index (χ0) is 12.1. The highest BCUT2D eigenvalue weighted by Crippen LogP contribution is 2.13. The molecule has 3 heteroatoms. The Morgan fingerprint density at radius 1 is 1.19 bits per heavy atom. The third-order valence-electron chi connectivity index (χ3n) is 2.40. The van der Waals surface area contributed by atoms with Crippen molar-refractivity contribution in [1.29, 1.82) is 0 Å². The second kappa shape index (κ2) is 5.54. The maximum atomic E-state index is 11.1. The van der Waals surface area contributed by atoms with E-state index in [4.69, 9.17) is 7.85 Å². The number of H-pyrrole nitrogens is 1. The molecule has 2 radical (unpaired) electrons. The molecule has 16 heavy (non-hydrogen) atoms. The number of aromatic amines is 1. The van der Waals surface area contributed by atoms with E-state index in [1.54, 1.807) is 0 Å². The van der Waals surface area contributed by atoms with E-state index in [1.807, 2.05) is 32.0 Å². The van der Waals surface area contributed by atoms with Crippen LogP contribution in [0.5, 0.6) is 0 Å². The third kappa shape index (κ3) is 2.35. The Morgan fingerprint density at radius 2 is 1.88 bits per heavy atom. The lowest BCUT2D eigenvalue weighted by Crippen LogP contribution is -2.12. The van der Waals surface area contributed by atoms with Crippen LogP contribution in [0, 0.1) is 0 Å². The summed E-state index contributed by atoms with van der Waals surface area (Å²) in [6, 6.07) is 7.18. The molecule has 2 rings (SSSR count). The van der Waals surface area contributed by atoms with Crippen molar-refractivity contribution in [2.24, 2.45) is 0 Å². The van der Waals surface area contributed by atoms with Crippen LogP contribution < -0.4 is 11.0 Å². The average Bonchev–Trinajstić information content (AvgIpc) is 2.33. The number of rotatable bonds is 1. The molecule has 0 fully saturated rings. The van der Waals surface area contributed by atoms with Crippen molar-refractivity contribution < 1.29 is 0 Å². The van der Waals surface area contributed by atoms with Gasteiger partial charge in [0.2, 0.25) is 5.56 Å². The molecule has 0 saturated carbocycles. The van der Waals surface area contributed by atoms with Crippen molar-refractivity contribution in [3.63, 3.8) is 0 Å². The first-order valence-corrected chi connectivity index (χ1v) is 5.62. The molecule has 82 valence electrons. The molecule has 0 bridgehead atoms. The molecule has 0 aliphatic rings. The van der Waals surface area contributed by atoms with Crippen LogP contribution in [-0.2, 0) is 6.42 Å². The minimum atomic E-state index is -0.113. The third-order valence-corrected chi connectivity index (χ3v) is 2.40. The summed E-state index contributed by atoms with van der Waals surface area (Å²) in [5.74, 6) is 0. The van der Waals surface area contributed by atoms with Gasteiger partial charge in [-0.25, -0.2) is 0 Å². The first kappa shape index (κ1) is 12.6. The molecular weight excluding hydrogens is 197 g/mol. The summed E-state index contributed by atoms with van der Waals surface area (Å²) in [7, 11) is 5.78. The molecule has 0 aliphatic carbocycles. The van der Waals surface area contributed by atoms with Gasteiger partial charge in [-0.05, 0) is 18.1 Å². The van der Waals surface area contributed by atoms with Crippen LogP contribution in [0.3, 0.4) is 0 Å². The number of benzene rings is 1. The Bertz CT molecular complexity index is 531. The molecule has 0 unspecified atom stereocenters. The highest BCUT2D eigenvalue weighted by molar-refractivity contribution is 6.38. The molecule has 2 nitrogen and oxygen atoms in total. The standard InChI is InChI=1S/C11H10BNO.C2H6/c1-2-7-3-5-9(12)11-8(7)4-6-10(14)13-11;1-2/h3-6H,2H2,1H3,(H,13,14);1-2H3. The van der Waals surface area contributed by atoms with Crippen LogP contribution in [-0.4, -0.2) is 12.8 Å². The monoisotopic (exact) mass is 213 g/mol. The molecular formula is C13H16BNO. The predicted molar refractivity (Wildman–Crippen MR) is 70.7 cm³/mol. The SMILES string of the molecule is CC.[B]c1ccc(CC)c2ccc(=O)[nH]c12. The molecule has 2 aromatic rings. The molecule has 0 saturated heterocycles. The van der Waals surface area contributed by atoms with Gasteiger partial charge in [0.25, 0.3) is 0 Å². The van der Waals surface area contributed by atoms with Gasteiger partial charge in [0.15, 0.2) is 0 Å². The van der Waals surface area contributed by atoms with Crippen LogP contribution in [0.4, 0.5) is 0 Å². The van der Waals surface area contributed by atoms with Crippen LogP contribution in [0.25, 0.3) is 10.9 Å². The van der Waals surface area contributed by atoms with Crippen molar-refractivity contribution >= 4 is 24.2 Å². The summed E-state index contributed by atoms with van der Waals surface area (Å²) >= 11 is 0. The lowest BCUT2D eigenvalue weighted by atomic mass is 9.90. The molecule has 1 N–H and O–H groups in total. The Morgan fingerprint density at radius 3 is 2.50 bits per heavy atom. The van der Waals surface area contributed by atoms with Crippen LogP contribution in [0.15, 0.2) is 29.1 Å². The lowest BCUT2D eigenvalue weighted by molar-refractivity contribution is 1.15. The normalized spacial score (nSPS) is 9.69. The van der Waals surface area contributed by atoms with Gasteiger partial charge in [0.1, 0.15) is 7.85 Å². The Hall–Kier alpha value is -1.51. The maximum absolute atomic E-state index is 11.1. The van der Waals surface area contributed by atoms with E-state index in [0.717, 1.165) is 17.3 Å². The topological polar surface area (TPSA) is 32.9 Å². The van der Waals surface area contributed by atoms with Crippen LogP contribution >= 0.6 is 0 Å². The van der Waals surface area contributed by atoms with E-state index in [-0.39, 0.29) is 5.56 Å². The minimum absolute atomic E-state index is 0.113. The van der Waals surface area contributed by atoms with Gasteiger partial charge in [-0.2, -0.15) is 0 Å². The lowest BCUT2D eigenvalue weighted by Gasteiger charge is -2.06. The highest BCUT2D eigenvalue weighted by atomic mass is 16.1. The summed E-state index contributed by atoms with van der Waals surface area (Å²) in [6.07, 6.45) is 0.933. The molecule has 0 atom stereocenters. The number of hydrogen-bond acceptors (Lipinski definition) is 1. The first-order chi connectivity index (χ1) is 7.72. The fourth-order valence-electron chi connectivity index (χ4n) is 1.64. The summed E-state index contributed by atoms with van der Waals surface area (Å²) in [5.41, 5.74) is 2.45. The van der Waals surface area contributed by atoms with E-state index < -0.39 is 0 Å². The molecule has 0 spiro atoms. The van der Waals surface area contributed by atoms with Crippen LogP contribution in [0.1, 0.15) is 26.3 Å². The van der Waals surface area contributed by atoms with Crippen LogP contribution in [0.2, 0.25) is 0 Å². The molecule has 1 heterocycles. The quantitative estimate of drug-likeness (QED) is 0.721. The molecule has 0 amide bonds. The van der Waals surface area contributed by atoms with Gasteiger partial charge in [0, 0.05) is 17.0 Å². The van der Waals surface area contributed by atoms with Crippen molar-refractivity contribution in [1.82, 2.24) is 4.98 Å². The summed E-state index contributed by atoms with van der Waals surface area (Å²) < 4.78 is 0. The summed E-state index contributed by atoms with van der Waals surface area (Å²) in [6.45, 7) is 6.08. The summed E-state index contributed by atoms with van der Waals surface area (Å²) in [5, 5.41) is 1.03. The highest BCUT2D eigenvalue weighted by Gasteiger charge is 2.01. The van der Waals surface area contributed by atoms with E-state index in [1.165, 1.54) is 11.6 Å². The first-order valence-electron chi connectivity index (χ1n) is 5.62. The number of fused-ring (bicyclic) bond motifs is 1. The minimum Gasteiger partial charge on any atom is -0.322 e. The van der Waals surface area contributed by atoms with Crippen molar-refractivity contribution in [2.75, 3.05) is 0 Å². The summed E-state index contributed by atoms with van der Waals surface area (Å²) in [4.78, 5) is 13.9. The fourth-order valence-corrected chi connectivity index (χ4v) is 1.64. The zero-order valence-corrected chi connectivity index (χ0v) is 10.0.